The second kappa shape index (κ2) is 6.52. The Morgan fingerprint density at radius 1 is 1.35 bits per heavy atom. The molecule has 26 heavy (non-hydrogen) atoms. The summed E-state index contributed by atoms with van der Waals surface area (Å²) < 4.78 is 3.43. The maximum Gasteiger partial charge on any atom is 0.254 e. The van der Waals surface area contributed by atoms with E-state index in [1.165, 1.54) is 0 Å². The van der Waals surface area contributed by atoms with E-state index < -0.39 is 0 Å². The number of carbonyl (C=O) groups excluding carboxylic acids is 1. The van der Waals surface area contributed by atoms with Crippen LogP contribution in [0.1, 0.15) is 28.9 Å². The van der Waals surface area contributed by atoms with Gasteiger partial charge in [-0.25, -0.2) is 4.98 Å². The highest BCUT2D eigenvalue weighted by Gasteiger charge is 2.25. The number of hydrogen-bond donors (Lipinski definition) is 1. The van der Waals surface area contributed by atoms with E-state index in [0.717, 1.165) is 37.4 Å². The molecule has 1 amide bonds. The van der Waals surface area contributed by atoms with E-state index in [1.807, 2.05) is 28.8 Å². The molecule has 0 unspecified atom stereocenters. The topological polar surface area (TPSA) is 91.3 Å². The lowest BCUT2D eigenvalue weighted by molar-refractivity contribution is 0.0931. The molecular formula is C18H19N7O. The average Bonchev–Trinajstić information content (AvgIpc) is 3.25. The number of fused-ring (bicyclic) bond motifs is 1. The van der Waals surface area contributed by atoms with Crippen molar-refractivity contribution in [2.24, 2.45) is 7.05 Å². The number of aryl methyl sites for hydroxylation is 1. The fourth-order valence-electron chi connectivity index (χ4n) is 3.35. The van der Waals surface area contributed by atoms with Crippen LogP contribution in [0, 0.1) is 11.3 Å². The number of anilines is 1. The fourth-order valence-corrected chi connectivity index (χ4v) is 3.35. The molecule has 1 aliphatic heterocycles. The number of nitrogens with zero attached hydrogens (tertiary/aromatic N) is 6. The van der Waals surface area contributed by atoms with E-state index in [-0.39, 0.29) is 11.9 Å². The first-order valence-corrected chi connectivity index (χ1v) is 8.57. The van der Waals surface area contributed by atoms with Crippen LogP contribution in [0.15, 0.2) is 36.8 Å². The number of hydrogen-bond acceptors (Lipinski definition) is 5. The Bertz CT molecular complexity index is 989. The van der Waals surface area contributed by atoms with Gasteiger partial charge in [-0.3, -0.25) is 13.9 Å². The van der Waals surface area contributed by atoms with Gasteiger partial charge in [0.1, 0.15) is 11.7 Å². The number of carbonyl (C=O) groups is 1. The van der Waals surface area contributed by atoms with Crippen molar-refractivity contribution in [2.45, 2.75) is 18.9 Å². The minimum absolute atomic E-state index is 0.0954. The second-order valence-electron chi connectivity index (χ2n) is 6.46. The molecule has 3 aromatic heterocycles. The summed E-state index contributed by atoms with van der Waals surface area (Å²) in [6.07, 6.45) is 6.75. The molecule has 0 radical (unpaired) electrons. The van der Waals surface area contributed by atoms with Crippen molar-refractivity contribution >= 4 is 17.4 Å². The van der Waals surface area contributed by atoms with Crippen molar-refractivity contribution in [3.8, 4) is 6.07 Å². The summed E-state index contributed by atoms with van der Waals surface area (Å²) >= 11 is 0. The number of amides is 1. The Morgan fingerprint density at radius 3 is 2.85 bits per heavy atom. The standard InChI is InChI=1S/C18H19N7O/c1-23-12-13(11-20-23)18(26)21-14-5-8-24(9-6-14)17-15(10-19)25-7-3-2-4-16(25)22-17/h2-4,7,11-12,14H,5-6,8-9H2,1H3,(H,21,26). The Labute approximate surface area is 150 Å². The molecule has 132 valence electrons. The van der Waals surface area contributed by atoms with Crippen molar-refractivity contribution in [3.63, 3.8) is 0 Å². The smallest absolute Gasteiger partial charge is 0.254 e. The van der Waals surface area contributed by atoms with Crippen molar-refractivity contribution in [3.05, 3.63) is 48.0 Å². The number of imidazole rings is 1. The summed E-state index contributed by atoms with van der Waals surface area (Å²) in [5.41, 5.74) is 1.89. The third-order valence-electron chi connectivity index (χ3n) is 4.71. The van der Waals surface area contributed by atoms with Crippen molar-refractivity contribution in [1.29, 1.82) is 5.26 Å². The van der Waals surface area contributed by atoms with E-state index in [1.54, 1.807) is 24.1 Å². The zero-order valence-corrected chi connectivity index (χ0v) is 14.5. The zero-order chi connectivity index (χ0) is 18.1. The molecule has 1 aliphatic rings. The first-order valence-electron chi connectivity index (χ1n) is 8.57. The highest BCUT2D eigenvalue weighted by Crippen LogP contribution is 2.24. The number of piperidine rings is 1. The normalized spacial score (nSPS) is 15.2. The van der Waals surface area contributed by atoms with Gasteiger partial charge in [-0.2, -0.15) is 10.4 Å². The van der Waals surface area contributed by atoms with Gasteiger partial charge in [0.25, 0.3) is 5.91 Å². The molecule has 1 N–H and O–H groups in total. The van der Waals surface area contributed by atoms with Gasteiger partial charge >= 0.3 is 0 Å². The van der Waals surface area contributed by atoms with Gasteiger partial charge in [-0.15, -0.1) is 0 Å². The number of aromatic nitrogens is 4. The minimum atomic E-state index is -0.0954. The zero-order valence-electron chi connectivity index (χ0n) is 14.5. The van der Waals surface area contributed by atoms with Crippen LogP contribution in [-0.2, 0) is 7.05 Å². The highest BCUT2D eigenvalue weighted by atomic mass is 16.1. The number of rotatable bonds is 3. The molecular weight excluding hydrogens is 330 g/mol. The minimum Gasteiger partial charge on any atom is -0.354 e. The average molecular weight is 349 g/mol. The van der Waals surface area contributed by atoms with Gasteiger partial charge in [0.05, 0.1) is 11.8 Å². The molecule has 1 fully saturated rings. The number of nitrogens with one attached hydrogen (secondary N) is 1. The van der Waals surface area contributed by atoms with Gasteiger partial charge in [0.15, 0.2) is 11.5 Å². The largest absolute Gasteiger partial charge is 0.354 e. The molecule has 4 rings (SSSR count). The van der Waals surface area contributed by atoms with Crippen LogP contribution in [0.4, 0.5) is 5.82 Å². The fraction of sp³-hybridized carbons (Fsp3) is 0.333. The van der Waals surface area contributed by atoms with Crippen LogP contribution in [0.3, 0.4) is 0 Å². The first kappa shape index (κ1) is 16.1. The van der Waals surface area contributed by atoms with Crippen LogP contribution in [0.2, 0.25) is 0 Å². The number of nitriles is 1. The molecule has 0 spiro atoms. The van der Waals surface area contributed by atoms with Crippen LogP contribution in [0.5, 0.6) is 0 Å². The Balaban J connectivity index is 1.44. The van der Waals surface area contributed by atoms with Crippen molar-refractivity contribution in [2.75, 3.05) is 18.0 Å². The van der Waals surface area contributed by atoms with Crippen LogP contribution >= 0.6 is 0 Å². The maximum atomic E-state index is 12.3. The maximum absolute atomic E-state index is 12.3. The predicted molar refractivity (Wildman–Crippen MR) is 95.8 cm³/mol. The lowest BCUT2D eigenvalue weighted by atomic mass is 10.0. The molecule has 8 heteroatoms. The van der Waals surface area contributed by atoms with Gasteiger partial charge in [0.2, 0.25) is 0 Å². The van der Waals surface area contributed by atoms with Crippen molar-refractivity contribution < 1.29 is 4.79 Å². The van der Waals surface area contributed by atoms with Crippen LogP contribution in [-0.4, -0.2) is 44.2 Å². The Hall–Kier alpha value is -3.34. The molecule has 0 aromatic carbocycles. The van der Waals surface area contributed by atoms with Gasteiger partial charge < -0.3 is 10.2 Å². The van der Waals surface area contributed by atoms with E-state index in [2.05, 4.69) is 26.4 Å². The molecule has 0 aliphatic carbocycles. The SMILES string of the molecule is Cn1cc(C(=O)NC2CCN(c3nc4ccccn4c3C#N)CC2)cn1. The van der Waals surface area contributed by atoms with Gasteiger partial charge in [-0.1, -0.05) is 6.07 Å². The lowest BCUT2D eigenvalue weighted by Crippen LogP contribution is -2.45. The van der Waals surface area contributed by atoms with E-state index in [4.69, 9.17) is 0 Å². The second-order valence-corrected chi connectivity index (χ2v) is 6.46. The molecule has 1 saturated heterocycles. The lowest BCUT2D eigenvalue weighted by Gasteiger charge is -2.32. The molecule has 0 saturated carbocycles. The Morgan fingerprint density at radius 2 is 2.15 bits per heavy atom. The molecule has 4 heterocycles. The third-order valence-corrected chi connectivity index (χ3v) is 4.71. The summed E-state index contributed by atoms with van der Waals surface area (Å²) in [7, 11) is 1.79. The Kier molecular flexibility index (Phi) is 4.05. The van der Waals surface area contributed by atoms with Crippen LogP contribution in [0.25, 0.3) is 5.65 Å². The monoisotopic (exact) mass is 349 g/mol. The highest BCUT2D eigenvalue weighted by molar-refractivity contribution is 5.93. The quantitative estimate of drug-likeness (QED) is 0.770. The summed E-state index contributed by atoms with van der Waals surface area (Å²) in [5.74, 6) is 0.623. The van der Waals surface area contributed by atoms with E-state index >= 15 is 0 Å². The summed E-state index contributed by atoms with van der Waals surface area (Å²) in [6.45, 7) is 1.49. The van der Waals surface area contributed by atoms with Gasteiger partial charge in [0, 0.05) is 38.6 Å². The number of pyridine rings is 1. The third kappa shape index (κ3) is 2.88. The van der Waals surface area contributed by atoms with Gasteiger partial charge in [-0.05, 0) is 25.0 Å². The first-order chi connectivity index (χ1) is 12.7. The molecule has 3 aromatic rings. The summed E-state index contributed by atoms with van der Waals surface area (Å²) in [5, 5.41) is 16.6. The van der Waals surface area contributed by atoms with E-state index in [0.29, 0.717) is 11.3 Å². The van der Waals surface area contributed by atoms with Crippen molar-refractivity contribution in [1.82, 2.24) is 24.5 Å². The van der Waals surface area contributed by atoms with Crippen LogP contribution < -0.4 is 10.2 Å². The summed E-state index contributed by atoms with van der Waals surface area (Å²) in [6, 6.07) is 8.07. The summed E-state index contributed by atoms with van der Waals surface area (Å²) in [4.78, 5) is 19.0. The molecule has 0 bridgehead atoms. The van der Waals surface area contributed by atoms with E-state index in [9.17, 15) is 10.1 Å². The molecule has 8 nitrogen and oxygen atoms in total. The predicted octanol–water partition coefficient (Wildman–Crippen LogP) is 1.34. The molecule has 0 atom stereocenters.